The second-order valence-electron chi connectivity index (χ2n) is 4.60. The normalized spacial score (nSPS) is 11.5. The predicted octanol–water partition coefficient (Wildman–Crippen LogP) is 4.86. The highest BCUT2D eigenvalue weighted by atomic mass is 127. The van der Waals surface area contributed by atoms with Crippen molar-refractivity contribution in [3.8, 4) is 5.75 Å². The number of hydrazone groups is 1. The number of halogens is 3. The number of hydrogen-bond acceptors (Lipinski definition) is 3. The molecule has 0 radical (unpaired) electrons. The fourth-order valence-electron chi connectivity index (χ4n) is 1.68. The van der Waals surface area contributed by atoms with Crippen molar-refractivity contribution in [2.75, 3.05) is 6.61 Å². The van der Waals surface area contributed by atoms with E-state index >= 15 is 0 Å². The molecule has 0 aliphatic carbocycles. The number of rotatable bonds is 6. The Morgan fingerprint density at radius 3 is 2.75 bits per heavy atom. The van der Waals surface area contributed by atoms with Gasteiger partial charge in [0.25, 0.3) is 5.91 Å². The first-order valence-corrected chi connectivity index (χ1v) is 9.11. The van der Waals surface area contributed by atoms with Gasteiger partial charge in [0, 0.05) is 9.51 Å². The zero-order chi connectivity index (χ0) is 17.4. The molecule has 1 N–H and O–H groups in total. The van der Waals surface area contributed by atoms with E-state index in [1.165, 1.54) is 6.21 Å². The topological polar surface area (TPSA) is 50.7 Å². The van der Waals surface area contributed by atoms with Crippen molar-refractivity contribution >= 4 is 68.3 Å². The standard InChI is InChI=1S/C17H13BrClIN2O2/c18-13(8-12-4-2-1-3-5-12)10-21-22-17(23)11-24-16-7-6-14(19)9-15(16)20/h1-10H,11H2,(H,22,23)/b13-8-,21-10+. The zero-order valence-corrected chi connectivity index (χ0v) is 16.9. The molecule has 0 aliphatic rings. The quantitative estimate of drug-likeness (QED) is 0.337. The van der Waals surface area contributed by atoms with E-state index in [1.807, 2.05) is 36.4 Å². The highest BCUT2D eigenvalue weighted by Crippen LogP contribution is 2.24. The van der Waals surface area contributed by atoms with Crippen LogP contribution in [0.5, 0.6) is 5.75 Å². The molecule has 0 atom stereocenters. The Morgan fingerprint density at radius 2 is 2.04 bits per heavy atom. The number of carbonyl (C=O) groups excluding carboxylic acids is 1. The highest BCUT2D eigenvalue weighted by molar-refractivity contribution is 14.1. The summed E-state index contributed by atoms with van der Waals surface area (Å²) in [5, 5.41) is 4.49. The minimum absolute atomic E-state index is 0.130. The van der Waals surface area contributed by atoms with Gasteiger partial charge in [-0.2, -0.15) is 5.10 Å². The minimum atomic E-state index is -0.350. The molecule has 0 saturated heterocycles. The largest absolute Gasteiger partial charge is 0.483 e. The maximum Gasteiger partial charge on any atom is 0.277 e. The molecular weight excluding hydrogens is 506 g/mol. The van der Waals surface area contributed by atoms with Crippen molar-refractivity contribution in [2.45, 2.75) is 0 Å². The van der Waals surface area contributed by atoms with Crippen LogP contribution in [0.15, 0.2) is 58.1 Å². The van der Waals surface area contributed by atoms with Crippen molar-refractivity contribution in [3.05, 3.63) is 67.2 Å². The molecule has 0 unspecified atom stereocenters. The molecule has 1 amide bonds. The predicted molar refractivity (Wildman–Crippen MR) is 110 cm³/mol. The first-order valence-electron chi connectivity index (χ1n) is 6.86. The Hall–Kier alpha value is -1.38. The molecule has 2 aromatic carbocycles. The van der Waals surface area contributed by atoms with Crippen molar-refractivity contribution in [1.82, 2.24) is 5.43 Å². The summed E-state index contributed by atoms with van der Waals surface area (Å²) in [5.41, 5.74) is 3.44. The van der Waals surface area contributed by atoms with Gasteiger partial charge in [-0.3, -0.25) is 4.79 Å². The lowest BCUT2D eigenvalue weighted by Gasteiger charge is -2.07. The van der Waals surface area contributed by atoms with E-state index in [1.54, 1.807) is 18.2 Å². The molecule has 0 fully saturated rings. The van der Waals surface area contributed by atoms with E-state index in [0.717, 1.165) is 13.6 Å². The highest BCUT2D eigenvalue weighted by Gasteiger charge is 2.05. The average molecular weight is 520 g/mol. The molecule has 124 valence electrons. The second-order valence-corrected chi connectivity index (χ2v) is 7.11. The lowest BCUT2D eigenvalue weighted by molar-refractivity contribution is -0.123. The summed E-state index contributed by atoms with van der Waals surface area (Å²) in [5.74, 6) is 0.251. The molecule has 0 spiro atoms. The van der Waals surface area contributed by atoms with Crippen molar-refractivity contribution in [3.63, 3.8) is 0 Å². The van der Waals surface area contributed by atoms with Crippen LogP contribution in [-0.2, 0) is 4.79 Å². The average Bonchev–Trinajstić information content (AvgIpc) is 2.55. The summed E-state index contributed by atoms with van der Waals surface area (Å²) in [6.45, 7) is -0.130. The summed E-state index contributed by atoms with van der Waals surface area (Å²) in [4.78, 5) is 11.7. The van der Waals surface area contributed by atoms with Crippen molar-refractivity contribution in [2.24, 2.45) is 5.10 Å². The van der Waals surface area contributed by atoms with Crippen LogP contribution in [-0.4, -0.2) is 18.7 Å². The van der Waals surface area contributed by atoms with Crippen molar-refractivity contribution in [1.29, 1.82) is 0 Å². The molecule has 2 aromatic rings. The number of nitrogens with zero attached hydrogens (tertiary/aromatic N) is 1. The first-order chi connectivity index (χ1) is 11.5. The number of benzene rings is 2. The van der Waals surface area contributed by atoms with Gasteiger partial charge in [0.15, 0.2) is 6.61 Å². The maximum atomic E-state index is 11.7. The number of allylic oxidation sites excluding steroid dienone is 1. The molecule has 0 aromatic heterocycles. The van der Waals surface area contributed by atoms with E-state index in [2.05, 4.69) is 49.0 Å². The van der Waals surface area contributed by atoms with Crippen LogP contribution in [0.4, 0.5) is 0 Å². The fourth-order valence-corrected chi connectivity index (χ4v) is 3.07. The Morgan fingerprint density at radius 1 is 1.29 bits per heavy atom. The van der Waals surface area contributed by atoms with Crippen LogP contribution in [0.25, 0.3) is 6.08 Å². The molecular formula is C17H13BrClIN2O2. The van der Waals surface area contributed by atoms with Crippen LogP contribution in [0.1, 0.15) is 5.56 Å². The molecule has 4 nitrogen and oxygen atoms in total. The number of hydrogen-bond donors (Lipinski definition) is 1. The van der Waals surface area contributed by atoms with Gasteiger partial charge in [0.2, 0.25) is 0 Å². The maximum absolute atomic E-state index is 11.7. The third-order valence-electron chi connectivity index (χ3n) is 2.73. The van der Waals surface area contributed by atoms with Gasteiger partial charge in [-0.1, -0.05) is 41.9 Å². The summed E-state index contributed by atoms with van der Waals surface area (Å²) < 4.78 is 7.00. The van der Waals surface area contributed by atoms with Crippen LogP contribution in [0.3, 0.4) is 0 Å². The van der Waals surface area contributed by atoms with Crippen LogP contribution < -0.4 is 10.2 Å². The van der Waals surface area contributed by atoms with Gasteiger partial charge < -0.3 is 4.74 Å². The van der Waals surface area contributed by atoms with Crippen LogP contribution in [0.2, 0.25) is 5.02 Å². The van der Waals surface area contributed by atoms with Gasteiger partial charge in [-0.25, -0.2) is 5.43 Å². The van der Waals surface area contributed by atoms with Crippen LogP contribution >= 0.6 is 50.1 Å². The number of nitrogens with one attached hydrogen (secondary N) is 1. The fraction of sp³-hybridized carbons (Fsp3) is 0.0588. The van der Waals surface area contributed by atoms with Gasteiger partial charge in [0.05, 0.1) is 9.78 Å². The lowest BCUT2D eigenvalue weighted by atomic mass is 10.2. The molecule has 0 saturated carbocycles. The Labute approximate surface area is 167 Å². The SMILES string of the molecule is O=C(COc1ccc(Cl)cc1I)N/N=C/C(Br)=C/c1ccccc1. The smallest absolute Gasteiger partial charge is 0.277 e. The summed E-state index contributed by atoms with van der Waals surface area (Å²) in [6, 6.07) is 15.0. The minimum Gasteiger partial charge on any atom is -0.483 e. The molecule has 24 heavy (non-hydrogen) atoms. The molecule has 0 heterocycles. The summed E-state index contributed by atoms with van der Waals surface area (Å²) >= 11 is 11.3. The van der Waals surface area contributed by atoms with E-state index in [-0.39, 0.29) is 12.5 Å². The third kappa shape index (κ3) is 6.62. The monoisotopic (exact) mass is 518 g/mol. The van der Waals surface area contributed by atoms with E-state index in [0.29, 0.717) is 10.8 Å². The van der Waals surface area contributed by atoms with Crippen LogP contribution in [0, 0.1) is 3.57 Å². The zero-order valence-electron chi connectivity index (χ0n) is 12.4. The Kier molecular flexibility index (Phi) is 7.74. The number of carbonyl (C=O) groups is 1. The van der Waals surface area contributed by atoms with E-state index in [9.17, 15) is 4.79 Å². The van der Waals surface area contributed by atoms with Gasteiger partial charge in [0.1, 0.15) is 5.75 Å². The molecule has 0 aliphatic heterocycles. The first kappa shape index (κ1) is 19.0. The summed E-state index contributed by atoms with van der Waals surface area (Å²) in [7, 11) is 0. The molecule has 7 heteroatoms. The molecule has 0 bridgehead atoms. The van der Waals surface area contributed by atoms with Crippen molar-refractivity contribution < 1.29 is 9.53 Å². The van der Waals surface area contributed by atoms with E-state index in [4.69, 9.17) is 16.3 Å². The second kappa shape index (κ2) is 9.80. The molecule has 2 rings (SSSR count). The van der Waals surface area contributed by atoms with Gasteiger partial charge in [-0.05, 0) is 68.4 Å². The Bertz CT molecular complexity index is 766. The third-order valence-corrected chi connectivity index (χ3v) is 4.25. The van der Waals surface area contributed by atoms with Gasteiger partial charge >= 0.3 is 0 Å². The van der Waals surface area contributed by atoms with E-state index < -0.39 is 0 Å². The number of amides is 1. The Balaban J connectivity index is 1.81. The summed E-state index contributed by atoms with van der Waals surface area (Å²) in [6.07, 6.45) is 3.40. The lowest BCUT2D eigenvalue weighted by Crippen LogP contribution is -2.24. The van der Waals surface area contributed by atoms with Gasteiger partial charge in [-0.15, -0.1) is 0 Å². The number of ether oxygens (including phenoxy) is 1.